The van der Waals surface area contributed by atoms with Gasteiger partial charge in [0.25, 0.3) is 0 Å². The van der Waals surface area contributed by atoms with Crippen LogP contribution in [0.25, 0.3) is 16.8 Å². The summed E-state index contributed by atoms with van der Waals surface area (Å²) in [5.41, 5.74) is 4.31. The van der Waals surface area contributed by atoms with Crippen LogP contribution in [0.5, 0.6) is 0 Å². The third-order valence-corrected chi connectivity index (χ3v) is 4.93. The summed E-state index contributed by atoms with van der Waals surface area (Å²) in [6.07, 6.45) is 1.06. The summed E-state index contributed by atoms with van der Waals surface area (Å²) in [5.74, 6) is 0.843. The van der Waals surface area contributed by atoms with Crippen molar-refractivity contribution in [3.05, 3.63) is 84.0 Å². The van der Waals surface area contributed by atoms with Crippen LogP contribution in [0.4, 0.5) is 18.9 Å². The molecule has 1 N–H and O–H groups in total. The van der Waals surface area contributed by atoms with Gasteiger partial charge in [0.2, 0.25) is 0 Å². The first-order chi connectivity index (χ1) is 13.8. The van der Waals surface area contributed by atoms with Crippen molar-refractivity contribution >= 4 is 23.1 Å². The fourth-order valence-corrected chi connectivity index (χ4v) is 3.31. The van der Waals surface area contributed by atoms with Gasteiger partial charge in [0, 0.05) is 34.5 Å². The Labute approximate surface area is 172 Å². The van der Waals surface area contributed by atoms with E-state index in [1.165, 1.54) is 6.07 Å². The zero-order valence-corrected chi connectivity index (χ0v) is 16.9. The molecule has 0 unspecified atom stereocenters. The molecule has 29 heavy (non-hydrogen) atoms. The van der Waals surface area contributed by atoms with Crippen molar-refractivity contribution in [3.63, 3.8) is 0 Å². The minimum absolute atomic E-state index is 0.362. The molecule has 0 amide bonds. The zero-order valence-electron chi connectivity index (χ0n) is 16.0. The van der Waals surface area contributed by atoms with E-state index in [2.05, 4.69) is 21.9 Å². The smallest absolute Gasteiger partial charge is 0.354 e. The van der Waals surface area contributed by atoms with Crippen LogP contribution >= 0.6 is 11.8 Å². The van der Waals surface area contributed by atoms with Gasteiger partial charge in [-0.3, -0.25) is 9.97 Å². The van der Waals surface area contributed by atoms with Crippen LogP contribution in [0.3, 0.4) is 0 Å². The SMILES string of the molecule is C=C(Nc1cnc(C)c(-c2ccc(CSC)nc2)c1)c1cccc(C(F)(F)F)c1. The average Bonchev–Trinajstić information content (AvgIpc) is 2.70. The lowest BCUT2D eigenvalue weighted by Gasteiger charge is -2.14. The second-order valence-corrected chi connectivity index (χ2v) is 7.38. The Bertz CT molecular complexity index is 1010. The molecule has 0 aliphatic carbocycles. The third kappa shape index (κ3) is 5.17. The number of aromatic nitrogens is 2. The Morgan fingerprint density at radius 2 is 1.90 bits per heavy atom. The van der Waals surface area contributed by atoms with Crippen molar-refractivity contribution in [3.8, 4) is 11.1 Å². The van der Waals surface area contributed by atoms with Crippen LogP contribution < -0.4 is 5.32 Å². The van der Waals surface area contributed by atoms with Gasteiger partial charge < -0.3 is 5.32 Å². The van der Waals surface area contributed by atoms with Gasteiger partial charge in [-0.15, -0.1) is 0 Å². The van der Waals surface area contributed by atoms with Gasteiger partial charge in [-0.25, -0.2) is 0 Å². The number of aryl methyl sites for hydroxylation is 1. The number of rotatable bonds is 6. The van der Waals surface area contributed by atoms with Crippen molar-refractivity contribution in [1.82, 2.24) is 9.97 Å². The Morgan fingerprint density at radius 1 is 1.10 bits per heavy atom. The molecule has 2 heterocycles. The van der Waals surface area contributed by atoms with Gasteiger partial charge in [0.15, 0.2) is 0 Å². The van der Waals surface area contributed by atoms with Gasteiger partial charge in [0.1, 0.15) is 0 Å². The maximum absolute atomic E-state index is 13.0. The summed E-state index contributed by atoms with van der Waals surface area (Å²) < 4.78 is 38.9. The molecular weight excluding hydrogens is 395 g/mol. The molecule has 0 spiro atoms. The number of halogens is 3. The lowest BCUT2D eigenvalue weighted by Crippen LogP contribution is -2.06. The third-order valence-electron chi connectivity index (χ3n) is 4.35. The van der Waals surface area contributed by atoms with Crippen molar-refractivity contribution in [2.24, 2.45) is 0 Å². The highest BCUT2D eigenvalue weighted by molar-refractivity contribution is 7.97. The van der Waals surface area contributed by atoms with E-state index < -0.39 is 11.7 Å². The van der Waals surface area contributed by atoms with E-state index in [1.54, 1.807) is 30.2 Å². The maximum atomic E-state index is 13.0. The van der Waals surface area contributed by atoms with E-state index in [-0.39, 0.29) is 0 Å². The normalized spacial score (nSPS) is 11.3. The van der Waals surface area contributed by atoms with Gasteiger partial charge in [-0.2, -0.15) is 24.9 Å². The fourth-order valence-electron chi connectivity index (χ4n) is 2.84. The second kappa shape index (κ2) is 8.69. The van der Waals surface area contributed by atoms with E-state index in [0.29, 0.717) is 16.9 Å². The first-order valence-corrected chi connectivity index (χ1v) is 10.2. The number of alkyl halides is 3. The summed E-state index contributed by atoms with van der Waals surface area (Å²) in [6.45, 7) is 5.78. The summed E-state index contributed by atoms with van der Waals surface area (Å²) >= 11 is 1.70. The minimum atomic E-state index is -4.40. The van der Waals surface area contributed by atoms with E-state index in [4.69, 9.17) is 0 Å². The molecular formula is C22H20F3N3S. The highest BCUT2D eigenvalue weighted by Gasteiger charge is 2.30. The van der Waals surface area contributed by atoms with Crippen molar-refractivity contribution in [2.45, 2.75) is 18.9 Å². The van der Waals surface area contributed by atoms with Crippen LogP contribution in [0.1, 0.15) is 22.5 Å². The number of nitrogens with one attached hydrogen (secondary N) is 1. The summed E-state index contributed by atoms with van der Waals surface area (Å²) in [6, 6.07) is 10.9. The zero-order chi connectivity index (χ0) is 21.0. The molecule has 7 heteroatoms. The predicted octanol–water partition coefficient (Wildman–Crippen LogP) is 6.42. The highest BCUT2D eigenvalue weighted by atomic mass is 32.2. The van der Waals surface area contributed by atoms with Crippen LogP contribution in [0.2, 0.25) is 0 Å². The summed E-state index contributed by atoms with van der Waals surface area (Å²) in [7, 11) is 0. The summed E-state index contributed by atoms with van der Waals surface area (Å²) in [5, 5.41) is 3.06. The number of benzene rings is 1. The number of hydrogen-bond acceptors (Lipinski definition) is 4. The van der Waals surface area contributed by atoms with Gasteiger partial charge >= 0.3 is 6.18 Å². The van der Waals surface area contributed by atoms with Gasteiger partial charge in [-0.05, 0) is 43.0 Å². The van der Waals surface area contributed by atoms with E-state index in [0.717, 1.165) is 40.4 Å². The quantitative estimate of drug-likeness (QED) is 0.504. The Kier molecular flexibility index (Phi) is 6.27. The topological polar surface area (TPSA) is 37.8 Å². The second-order valence-electron chi connectivity index (χ2n) is 6.51. The molecule has 3 aromatic rings. The first kappa shape index (κ1) is 20.9. The number of nitrogens with zero attached hydrogens (tertiary/aromatic N) is 2. The fraction of sp³-hybridized carbons (Fsp3) is 0.182. The Morgan fingerprint density at radius 3 is 2.55 bits per heavy atom. The van der Waals surface area contributed by atoms with Crippen molar-refractivity contribution in [2.75, 3.05) is 11.6 Å². The number of anilines is 1. The number of pyridine rings is 2. The first-order valence-electron chi connectivity index (χ1n) is 8.82. The van der Waals surface area contributed by atoms with Crippen molar-refractivity contribution < 1.29 is 13.2 Å². The standard InChI is InChI=1S/C22H20F3N3S/c1-14(16-5-4-6-18(9-16)22(23,24)25)28-20-10-21(15(2)26-12-20)17-7-8-19(13-29-3)27-11-17/h4-12,28H,1,13H2,2-3H3. The van der Waals surface area contributed by atoms with Gasteiger partial charge in [0.05, 0.1) is 23.1 Å². The molecule has 0 radical (unpaired) electrons. The van der Waals surface area contributed by atoms with Gasteiger partial charge in [-0.1, -0.05) is 24.8 Å². The maximum Gasteiger partial charge on any atom is 0.416 e. The molecule has 150 valence electrons. The molecule has 2 aromatic heterocycles. The molecule has 0 aliphatic rings. The van der Waals surface area contributed by atoms with Crippen LogP contribution in [-0.4, -0.2) is 16.2 Å². The lowest BCUT2D eigenvalue weighted by molar-refractivity contribution is -0.137. The molecule has 3 rings (SSSR count). The van der Waals surface area contributed by atoms with Crippen LogP contribution in [0.15, 0.2) is 61.4 Å². The number of thioether (sulfide) groups is 1. The van der Waals surface area contributed by atoms with Crippen LogP contribution in [-0.2, 0) is 11.9 Å². The van der Waals surface area contributed by atoms with Crippen LogP contribution in [0, 0.1) is 6.92 Å². The summed E-state index contributed by atoms with van der Waals surface area (Å²) in [4.78, 5) is 8.87. The van der Waals surface area contributed by atoms with E-state index >= 15 is 0 Å². The lowest BCUT2D eigenvalue weighted by atomic mass is 10.1. The minimum Gasteiger partial charge on any atom is -0.354 e. The molecule has 0 fully saturated rings. The highest BCUT2D eigenvalue weighted by Crippen LogP contribution is 2.31. The Hall–Kier alpha value is -2.80. The Balaban J connectivity index is 1.84. The predicted molar refractivity (Wildman–Crippen MR) is 114 cm³/mol. The largest absolute Gasteiger partial charge is 0.416 e. The van der Waals surface area contributed by atoms with E-state index in [1.807, 2.05) is 31.4 Å². The van der Waals surface area contributed by atoms with E-state index in [9.17, 15) is 13.2 Å². The molecule has 0 aliphatic heterocycles. The molecule has 1 aromatic carbocycles. The molecule has 0 saturated carbocycles. The molecule has 0 saturated heterocycles. The monoisotopic (exact) mass is 415 g/mol. The molecule has 0 atom stereocenters. The number of hydrogen-bond donors (Lipinski definition) is 1. The average molecular weight is 415 g/mol. The van der Waals surface area contributed by atoms with Crippen molar-refractivity contribution in [1.29, 1.82) is 0 Å². The molecule has 0 bridgehead atoms. The molecule has 3 nitrogen and oxygen atoms in total.